The Morgan fingerprint density at radius 2 is 1.94 bits per heavy atom. The molecule has 2 saturated heterocycles. The molecule has 2 heterocycles. The van der Waals surface area contributed by atoms with Crippen LogP contribution in [0.15, 0.2) is 24.3 Å². The number of nitrogens with zero attached hydrogens (tertiary/aromatic N) is 4. The molecule has 2 aliphatic rings. The predicted octanol–water partition coefficient (Wildman–Crippen LogP) is 1.65. The molecule has 0 aliphatic carbocycles. The zero-order valence-corrected chi connectivity index (χ0v) is 19.8. The van der Waals surface area contributed by atoms with Crippen molar-refractivity contribution >= 4 is 17.8 Å². The molecule has 0 aromatic heterocycles. The van der Waals surface area contributed by atoms with Crippen LogP contribution in [-0.2, 0) is 20.9 Å². The van der Waals surface area contributed by atoms with Crippen LogP contribution >= 0.6 is 0 Å². The van der Waals surface area contributed by atoms with Crippen molar-refractivity contribution in [2.45, 2.75) is 45.4 Å². The van der Waals surface area contributed by atoms with Crippen molar-refractivity contribution in [2.24, 2.45) is 5.92 Å². The molecule has 1 unspecified atom stereocenters. The van der Waals surface area contributed by atoms with Crippen molar-refractivity contribution in [3.8, 4) is 0 Å². The van der Waals surface area contributed by atoms with Crippen LogP contribution in [0.1, 0.15) is 32.3 Å². The molecule has 2 atom stereocenters. The summed E-state index contributed by atoms with van der Waals surface area (Å²) in [6.45, 7) is 5.50. The van der Waals surface area contributed by atoms with Crippen molar-refractivity contribution < 1.29 is 23.5 Å². The Morgan fingerprint density at radius 3 is 2.58 bits per heavy atom. The maximum absolute atomic E-state index is 13.3. The monoisotopic (exact) mass is 463 g/mol. The number of carbonyl (C=O) groups is 3. The third-order valence-corrected chi connectivity index (χ3v) is 5.98. The number of benzene rings is 1. The van der Waals surface area contributed by atoms with Gasteiger partial charge in [0, 0.05) is 33.9 Å². The minimum atomic E-state index is -0.611. The molecule has 0 spiro atoms. The summed E-state index contributed by atoms with van der Waals surface area (Å²) in [6, 6.07) is 4.92. The molecule has 3 rings (SSSR count). The van der Waals surface area contributed by atoms with Gasteiger partial charge in [-0.05, 0) is 36.5 Å². The zero-order valence-electron chi connectivity index (χ0n) is 19.8. The van der Waals surface area contributed by atoms with E-state index >= 15 is 0 Å². The molecule has 1 aromatic carbocycles. The minimum absolute atomic E-state index is 0.00597. The van der Waals surface area contributed by atoms with E-state index in [2.05, 4.69) is 5.32 Å². The van der Waals surface area contributed by atoms with Crippen LogP contribution in [-0.4, -0.2) is 90.3 Å². The van der Waals surface area contributed by atoms with Gasteiger partial charge in [-0.25, -0.2) is 19.2 Å². The van der Waals surface area contributed by atoms with Crippen molar-refractivity contribution in [3.05, 3.63) is 35.6 Å². The van der Waals surface area contributed by atoms with Crippen molar-refractivity contribution in [1.29, 1.82) is 0 Å². The second-order valence-corrected chi connectivity index (χ2v) is 9.00. The van der Waals surface area contributed by atoms with E-state index in [4.69, 9.17) is 4.74 Å². The second-order valence-electron chi connectivity index (χ2n) is 9.00. The van der Waals surface area contributed by atoms with Crippen LogP contribution in [0.5, 0.6) is 0 Å². The molecule has 2 fully saturated rings. The predicted molar refractivity (Wildman–Crippen MR) is 120 cm³/mol. The number of hydrazine groups is 1. The van der Waals surface area contributed by atoms with Gasteiger partial charge in [-0.3, -0.25) is 9.59 Å². The number of hydrogen-bond acceptors (Lipinski definition) is 5. The van der Waals surface area contributed by atoms with Gasteiger partial charge in [-0.15, -0.1) is 0 Å². The number of amides is 4. The third-order valence-electron chi connectivity index (χ3n) is 5.98. The lowest BCUT2D eigenvalue weighted by Crippen LogP contribution is -2.76. The van der Waals surface area contributed by atoms with E-state index < -0.39 is 12.2 Å². The van der Waals surface area contributed by atoms with Crippen molar-refractivity contribution in [1.82, 2.24) is 25.1 Å². The van der Waals surface area contributed by atoms with Crippen LogP contribution in [0.2, 0.25) is 0 Å². The van der Waals surface area contributed by atoms with E-state index in [1.165, 1.54) is 17.1 Å². The number of hydrogen-bond donors (Lipinski definition) is 1. The lowest BCUT2D eigenvalue weighted by molar-refractivity contribution is -0.188. The Kier molecular flexibility index (Phi) is 8.25. The average molecular weight is 464 g/mol. The summed E-state index contributed by atoms with van der Waals surface area (Å²) < 4.78 is 18.3. The number of nitrogens with one attached hydrogen (secondary N) is 1. The summed E-state index contributed by atoms with van der Waals surface area (Å²) >= 11 is 0. The van der Waals surface area contributed by atoms with Gasteiger partial charge in [-0.1, -0.05) is 26.0 Å². The first-order chi connectivity index (χ1) is 15.7. The molecular weight excluding hydrogens is 429 g/mol. The summed E-state index contributed by atoms with van der Waals surface area (Å²) in [5, 5.41) is 5.98. The molecule has 10 heteroatoms. The molecule has 1 N–H and O–H groups in total. The van der Waals surface area contributed by atoms with E-state index in [0.29, 0.717) is 26.0 Å². The van der Waals surface area contributed by atoms with E-state index in [9.17, 15) is 18.8 Å². The Hall–Kier alpha value is -2.72. The van der Waals surface area contributed by atoms with Crippen molar-refractivity contribution in [2.75, 3.05) is 40.4 Å². The Labute approximate surface area is 194 Å². The first kappa shape index (κ1) is 24.9. The first-order valence-electron chi connectivity index (χ1n) is 11.3. The fourth-order valence-electron chi connectivity index (χ4n) is 4.44. The number of fused-ring (bicyclic) bond motifs is 1. The highest BCUT2D eigenvalue weighted by Crippen LogP contribution is 2.29. The standard InChI is InChI=1S/C23H34FN5O4/c1-16(2)12-19-22(31)27(10-5-11-33-4)14-20-28(19)21(30)15-26(3)29(20)23(32)25-13-17-6-8-18(24)9-7-17/h6-9,16,19-20H,5,10-15H2,1-4H3,(H,25,32)/t19-,20?/m0/s1. The molecule has 33 heavy (non-hydrogen) atoms. The SMILES string of the molecule is COCCCN1CC2N(C(=O)CN(C)N2C(=O)NCc2ccc(F)cc2)[C@@H](CC(C)C)C1=O. The Bertz CT molecular complexity index is 850. The quantitative estimate of drug-likeness (QED) is 0.593. The Morgan fingerprint density at radius 1 is 1.24 bits per heavy atom. The van der Waals surface area contributed by atoms with Gasteiger partial charge in [-0.2, -0.15) is 0 Å². The zero-order chi connectivity index (χ0) is 24.1. The Balaban J connectivity index is 1.82. The summed E-state index contributed by atoms with van der Waals surface area (Å²) in [6.07, 6.45) is 0.592. The fourth-order valence-corrected chi connectivity index (χ4v) is 4.44. The van der Waals surface area contributed by atoms with Gasteiger partial charge >= 0.3 is 6.03 Å². The molecule has 9 nitrogen and oxygen atoms in total. The number of likely N-dealkylation sites (N-methyl/N-ethyl adjacent to an activating group) is 1. The van der Waals surface area contributed by atoms with Gasteiger partial charge in [0.1, 0.15) is 18.0 Å². The van der Waals surface area contributed by atoms with E-state index in [0.717, 1.165) is 5.56 Å². The lowest BCUT2D eigenvalue weighted by atomic mass is 9.97. The molecular formula is C23H34FN5O4. The highest BCUT2D eigenvalue weighted by Gasteiger charge is 2.50. The highest BCUT2D eigenvalue weighted by atomic mass is 19.1. The number of urea groups is 1. The molecule has 4 amide bonds. The molecule has 0 radical (unpaired) electrons. The van der Waals surface area contributed by atoms with E-state index in [1.54, 1.807) is 41.1 Å². The maximum Gasteiger partial charge on any atom is 0.334 e. The summed E-state index contributed by atoms with van der Waals surface area (Å²) in [4.78, 5) is 42.9. The maximum atomic E-state index is 13.3. The molecule has 1 aromatic rings. The number of methoxy groups -OCH3 is 1. The fraction of sp³-hybridized carbons (Fsp3) is 0.609. The van der Waals surface area contributed by atoms with Crippen LogP contribution in [0.4, 0.5) is 9.18 Å². The first-order valence-corrected chi connectivity index (χ1v) is 11.3. The lowest BCUT2D eigenvalue weighted by Gasteiger charge is -2.54. The average Bonchev–Trinajstić information content (AvgIpc) is 2.75. The van der Waals surface area contributed by atoms with Gasteiger partial charge in [0.2, 0.25) is 11.8 Å². The van der Waals surface area contributed by atoms with Crippen LogP contribution < -0.4 is 5.32 Å². The van der Waals surface area contributed by atoms with E-state index in [-0.39, 0.29) is 49.2 Å². The minimum Gasteiger partial charge on any atom is -0.385 e. The van der Waals surface area contributed by atoms with Crippen LogP contribution in [0.25, 0.3) is 0 Å². The highest BCUT2D eigenvalue weighted by molar-refractivity contribution is 5.91. The molecule has 2 aliphatic heterocycles. The number of piperazine rings is 1. The van der Waals surface area contributed by atoms with Crippen LogP contribution in [0.3, 0.4) is 0 Å². The van der Waals surface area contributed by atoms with Crippen molar-refractivity contribution in [3.63, 3.8) is 0 Å². The van der Waals surface area contributed by atoms with Gasteiger partial charge in [0.25, 0.3) is 0 Å². The molecule has 0 saturated carbocycles. The largest absolute Gasteiger partial charge is 0.385 e. The molecule has 0 bridgehead atoms. The van der Waals surface area contributed by atoms with Gasteiger partial charge < -0.3 is 19.9 Å². The third kappa shape index (κ3) is 5.80. The molecule has 182 valence electrons. The normalized spacial score (nSPS) is 21.6. The van der Waals surface area contributed by atoms with Gasteiger partial charge in [0.05, 0.1) is 13.1 Å². The number of ether oxygens (including phenoxy) is 1. The van der Waals surface area contributed by atoms with E-state index in [1.807, 2.05) is 13.8 Å². The second kappa shape index (κ2) is 10.9. The number of carbonyl (C=O) groups excluding carboxylic acids is 3. The summed E-state index contributed by atoms with van der Waals surface area (Å²) in [5.74, 6) is -0.389. The summed E-state index contributed by atoms with van der Waals surface area (Å²) in [7, 11) is 3.30. The number of halogens is 1. The topological polar surface area (TPSA) is 85.4 Å². The smallest absolute Gasteiger partial charge is 0.334 e. The summed E-state index contributed by atoms with van der Waals surface area (Å²) in [5.41, 5.74) is 0.759. The van der Waals surface area contributed by atoms with Crippen LogP contribution in [0, 0.1) is 11.7 Å². The van der Waals surface area contributed by atoms with Gasteiger partial charge in [0.15, 0.2) is 0 Å². The number of rotatable bonds is 8.